The van der Waals surface area contributed by atoms with Crippen LogP contribution >= 0.6 is 0 Å². The molecule has 1 fully saturated rings. The van der Waals surface area contributed by atoms with Crippen LogP contribution < -0.4 is 15.5 Å². The lowest BCUT2D eigenvalue weighted by atomic mass is 10.0. The van der Waals surface area contributed by atoms with Crippen molar-refractivity contribution in [1.29, 1.82) is 0 Å². The standard InChI is InChI=1S/C20H22N4O4/c1-20(2)18(26)24(19(27)22-20)11-10-17(25)23-21-12-15-14-7-5-4-6-13(14)8-9-16(15)28-3/h4-9,12H,10-11H2,1-3H3,(H,22,27)(H,23,25)/b21-12-. The van der Waals surface area contributed by atoms with Gasteiger partial charge < -0.3 is 10.1 Å². The molecule has 0 aromatic heterocycles. The van der Waals surface area contributed by atoms with Crippen LogP contribution in [0.15, 0.2) is 41.5 Å². The first-order valence-electron chi connectivity index (χ1n) is 8.85. The third-order valence-electron chi connectivity index (χ3n) is 4.54. The highest BCUT2D eigenvalue weighted by Gasteiger charge is 2.43. The minimum absolute atomic E-state index is 0.00691. The Morgan fingerprint density at radius 1 is 1.25 bits per heavy atom. The molecule has 1 heterocycles. The number of nitrogens with zero attached hydrogens (tertiary/aromatic N) is 2. The summed E-state index contributed by atoms with van der Waals surface area (Å²) < 4.78 is 5.38. The second-order valence-electron chi connectivity index (χ2n) is 6.96. The van der Waals surface area contributed by atoms with Crippen molar-refractivity contribution in [2.75, 3.05) is 13.7 Å². The lowest BCUT2D eigenvalue weighted by Gasteiger charge is -2.15. The third-order valence-corrected chi connectivity index (χ3v) is 4.54. The first-order chi connectivity index (χ1) is 13.3. The van der Waals surface area contributed by atoms with E-state index in [9.17, 15) is 14.4 Å². The van der Waals surface area contributed by atoms with Gasteiger partial charge in [0.1, 0.15) is 11.3 Å². The molecule has 0 aliphatic carbocycles. The number of carbonyl (C=O) groups is 3. The fourth-order valence-electron chi connectivity index (χ4n) is 3.05. The number of amides is 4. The molecule has 8 heteroatoms. The predicted molar refractivity (Wildman–Crippen MR) is 105 cm³/mol. The SMILES string of the molecule is COc1ccc2ccccc2c1/C=N\NC(=O)CCN1C(=O)NC(C)(C)C1=O. The average molecular weight is 382 g/mol. The summed E-state index contributed by atoms with van der Waals surface area (Å²) in [7, 11) is 1.57. The summed E-state index contributed by atoms with van der Waals surface area (Å²) in [6, 6.07) is 11.1. The van der Waals surface area contributed by atoms with Crippen LogP contribution in [0, 0.1) is 0 Å². The van der Waals surface area contributed by atoms with E-state index in [4.69, 9.17) is 4.74 Å². The zero-order valence-corrected chi connectivity index (χ0v) is 16.0. The number of rotatable bonds is 6. The summed E-state index contributed by atoms with van der Waals surface area (Å²) in [4.78, 5) is 37.0. The largest absolute Gasteiger partial charge is 0.496 e. The predicted octanol–water partition coefficient (Wildman–Crippen LogP) is 2.02. The maximum Gasteiger partial charge on any atom is 0.325 e. The molecule has 2 aromatic rings. The number of benzene rings is 2. The number of hydrazone groups is 1. The van der Waals surface area contributed by atoms with E-state index in [1.54, 1.807) is 21.0 Å². The number of carbonyl (C=O) groups excluding carboxylic acids is 3. The third kappa shape index (κ3) is 3.80. The molecule has 2 aromatic carbocycles. The van der Waals surface area contributed by atoms with Crippen LogP contribution in [0.25, 0.3) is 10.8 Å². The number of methoxy groups -OCH3 is 1. The zero-order chi connectivity index (χ0) is 20.3. The van der Waals surface area contributed by atoms with Crippen LogP contribution in [0.5, 0.6) is 5.75 Å². The van der Waals surface area contributed by atoms with Crippen LogP contribution in [-0.4, -0.2) is 48.2 Å². The molecule has 1 aliphatic heterocycles. The maximum absolute atomic E-state index is 12.1. The van der Waals surface area contributed by atoms with E-state index in [0.717, 1.165) is 21.2 Å². The molecule has 8 nitrogen and oxygen atoms in total. The van der Waals surface area contributed by atoms with E-state index in [-0.39, 0.29) is 18.9 Å². The monoisotopic (exact) mass is 382 g/mol. The molecule has 28 heavy (non-hydrogen) atoms. The Kier molecular flexibility index (Phi) is 5.30. The summed E-state index contributed by atoms with van der Waals surface area (Å²) in [5, 5.41) is 8.55. The number of fused-ring (bicyclic) bond motifs is 1. The topological polar surface area (TPSA) is 100 Å². The Hall–Kier alpha value is -3.42. The molecule has 0 saturated carbocycles. The highest BCUT2D eigenvalue weighted by atomic mass is 16.5. The Balaban J connectivity index is 1.64. The van der Waals surface area contributed by atoms with Gasteiger partial charge in [0.05, 0.1) is 13.3 Å². The van der Waals surface area contributed by atoms with Gasteiger partial charge in [-0.3, -0.25) is 14.5 Å². The minimum atomic E-state index is -0.948. The fraction of sp³-hybridized carbons (Fsp3) is 0.300. The van der Waals surface area contributed by atoms with Crippen molar-refractivity contribution in [2.24, 2.45) is 5.10 Å². The van der Waals surface area contributed by atoms with Crippen LogP contribution in [0.2, 0.25) is 0 Å². The Labute approximate surface area is 162 Å². The molecular weight excluding hydrogens is 360 g/mol. The number of nitrogens with one attached hydrogen (secondary N) is 2. The van der Waals surface area contributed by atoms with Gasteiger partial charge in [0.15, 0.2) is 0 Å². The number of hydrogen-bond acceptors (Lipinski definition) is 5. The second-order valence-corrected chi connectivity index (χ2v) is 6.96. The van der Waals surface area contributed by atoms with Gasteiger partial charge in [-0.2, -0.15) is 5.10 Å². The molecule has 1 saturated heterocycles. The Morgan fingerprint density at radius 3 is 2.68 bits per heavy atom. The van der Waals surface area contributed by atoms with Crippen molar-refractivity contribution in [3.8, 4) is 5.75 Å². The van der Waals surface area contributed by atoms with Gasteiger partial charge in [-0.15, -0.1) is 0 Å². The molecule has 0 unspecified atom stereocenters. The van der Waals surface area contributed by atoms with Gasteiger partial charge >= 0.3 is 6.03 Å². The summed E-state index contributed by atoms with van der Waals surface area (Å²) in [6.07, 6.45) is 1.48. The highest BCUT2D eigenvalue weighted by molar-refractivity contribution is 6.06. The first kappa shape index (κ1) is 19.3. The number of hydrogen-bond donors (Lipinski definition) is 2. The van der Waals surface area contributed by atoms with Crippen molar-refractivity contribution in [3.63, 3.8) is 0 Å². The summed E-state index contributed by atoms with van der Waals surface area (Å²) >= 11 is 0. The fourth-order valence-corrected chi connectivity index (χ4v) is 3.05. The van der Waals surface area contributed by atoms with Crippen molar-refractivity contribution in [2.45, 2.75) is 25.8 Å². The molecule has 0 spiro atoms. The van der Waals surface area contributed by atoms with Crippen molar-refractivity contribution >= 4 is 34.8 Å². The zero-order valence-electron chi connectivity index (χ0n) is 16.0. The smallest absolute Gasteiger partial charge is 0.325 e. The summed E-state index contributed by atoms with van der Waals surface area (Å²) in [5.74, 6) is -0.117. The second kappa shape index (κ2) is 7.67. The van der Waals surface area contributed by atoms with Crippen molar-refractivity contribution in [1.82, 2.24) is 15.6 Å². The van der Waals surface area contributed by atoms with E-state index in [1.165, 1.54) is 6.21 Å². The summed E-state index contributed by atoms with van der Waals surface area (Å²) in [6.45, 7) is 3.23. The maximum atomic E-state index is 12.1. The molecule has 1 aliphatic rings. The normalized spacial score (nSPS) is 15.9. The van der Waals surface area contributed by atoms with Gasteiger partial charge in [0, 0.05) is 18.5 Å². The Morgan fingerprint density at radius 2 is 2.00 bits per heavy atom. The van der Waals surface area contributed by atoms with Gasteiger partial charge in [-0.05, 0) is 30.7 Å². The Bertz CT molecular complexity index is 968. The quantitative estimate of drug-likeness (QED) is 0.453. The van der Waals surface area contributed by atoms with Crippen LogP contribution in [-0.2, 0) is 9.59 Å². The lowest BCUT2D eigenvalue weighted by molar-refractivity contribution is -0.130. The van der Waals surface area contributed by atoms with E-state index in [2.05, 4.69) is 15.8 Å². The van der Waals surface area contributed by atoms with Crippen LogP contribution in [0.4, 0.5) is 4.79 Å². The molecule has 2 N–H and O–H groups in total. The summed E-state index contributed by atoms with van der Waals surface area (Å²) in [5.41, 5.74) is 2.23. The highest BCUT2D eigenvalue weighted by Crippen LogP contribution is 2.26. The molecule has 0 atom stereocenters. The molecule has 0 bridgehead atoms. The molecule has 146 valence electrons. The van der Waals surface area contributed by atoms with Crippen molar-refractivity contribution < 1.29 is 19.1 Å². The lowest BCUT2D eigenvalue weighted by Crippen LogP contribution is -2.40. The molecule has 0 radical (unpaired) electrons. The van der Waals surface area contributed by atoms with Gasteiger partial charge in [-0.25, -0.2) is 10.2 Å². The van der Waals surface area contributed by atoms with Crippen LogP contribution in [0.3, 0.4) is 0 Å². The van der Waals surface area contributed by atoms with Gasteiger partial charge in [-0.1, -0.05) is 30.3 Å². The van der Waals surface area contributed by atoms with E-state index in [0.29, 0.717) is 5.75 Å². The average Bonchev–Trinajstić information content (AvgIpc) is 2.87. The van der Waals surface area contributed by atoms with Gasteiger partial charge in [0.25, 0.3) is 5.91 Å². The first-order valence-corrected chi connectivity index (χ1v) is 8.85. The van der Waals surface area contributed by atoms with E-state index in [1.807, 2.05) is 36.4 Å². The van der Waals surface area contributed by atoms with E-state index < -0.39 is 17.5 Å². The van der Waals surface area contributed by atoms with Gasteiger partial charge in [0.2, 0.25) is 5.91 Å². The molecular formula is C20H22N4O4. The van der Waals surface area contributed by atoms with Crippen LogP contribution in [0.1, 0.15) is 25.8 Å². The number of ether oxygens (including phenoxy) is 1. The molecule has 4 amide bonds. The molecule has 3 rings (SSSR count). The number of imide groups is 1. The minimum Gasteiger partial charge on any atom is -0.496 e. The number of urea groups is 1. The van der Waals surface area contributed by atoms with E-state index >= 15 is 0 Å². The van der Waals surface area contributed by atoms with Crippen molar-refractivity contribution in [3.05, 3.63) is 42.0 Å².